The molecule has 0 aliphatic heterocycles. The zero-order valence-corrected chi connectivity index (χ0v) is 20.1. The topological polar surface area (TPSA) is 86.8 Å². The molecular formula is C21H25Cl2N3O4S. The van der Waals surface area contributed by atoms with E-state index in [2.05, 4.69) is 5.32 Å². The molecule has 0 bridgehead atoms. The van der Waals surface area contributed by atoms with E-state index in [-0.39, 0.29) is 12.5 Å². The standard InChI is InChI=1S/C21H25Cl2N3O4S/c1-14-9-10-17(22)11-19(14)26(31(4,29)30)13-20(27)25(15(2)21(28)24-3)12-16-7-5-6-8-18(16)23/h5-11,15H,12-13H2,1-4H3,(H,24,28)/t15-/m0/s1. The molecule has 0 unspecified atom stereocenters. The van der Waals surface area contributed by atoms with Crippen LogP contribution in [0.4, 0.5) is 5.69 Å². The molecule has 2 aromatic rings. The lowest BCUT2D eigenvalue weighted by atomic mass is 10.1. The molecule has 0 fully saturated rings. The van der Waals surface area contributed by atoms with Crippen molar-refractivity contribution in [3.8, 4) is 0 Å². The van der Waals surface area contributed by atoms with Crippen LogP contribution in [0.5, 0.6) is 0 Å². The third kappa shape index (κ3) is 6.35. The van der Waals surface area contributed by atoms with E-state index in [4.69, 9.17) is 23.2 Å². The molecule has 1 N–H and O–H groups in total. The molecule has 0 saturated carbocycles. The minimum absolute atomic E-state index is 0.0409. The molecule has 7 nitrogen and oxygen atoms in total. The molecule has 2 amide bonds. The first-order valence-electron chi connectivity index (χ1n) is 9.44. The normalized spacial score (nSPS) is 12.2. The number of amides is 2. The van der Waals surface area contributed by atoms with E-state index in [1.54, 1.807) is 50.2 Å². The quantitative estimate of drug-likeness (QED) is 0.621. The van der Waals surface area contributed by atoms with Crippen molar-refractivity contribution < 1.29 is 18.0 Å². The maximum Gasteiger partial charge on any atom is 0.244 e. The van der Waals surface area contributed by atoms with Gasteiger partial charge < -0.3 is 10.2 Å². The molecule has 2 rings (SSSR count). The van der Waals surface area contributed by atoms with Crippen molar-refractivity contribution in [2.24, 2.45) is 0 Å². The fraction of sp³-hybridized carbons (Fsp3) is 0.333. The van der Waals surface area contributed by atoms with E-state index in [0.29, 0.717) is 26.9 Å². The molecule has 0 heterocycles. The molecule has 0 aliphatic carbocycles. The van der Waals surface area contributed by atoms with E-state index >= 15 is 0 Å². The van der Waals surface area contributed by atoms with Gasteiger partial charge in [-0.15, -0.1) is 0 Å². The van der Waals surface area contributed by atoms with Crippen molar-refractivity contribution in [3.63, 3.8) is 0 Å². The number of rotatable bonds is 8. The fourth-order valence-electron chi connectivity index (χ4n) is 3.05. The predicted molar refractivity (Wildman–Crippen MR) is 124 cm³/mol. The van der Waals surface area contributed by atoms with Gasteiger partial charge >= 0.3 is 0 Å². The monoisotopic (exact) mass is 485 g/mol. The highest BCUT2D eigenvalue weighted by atomic mass is 35.5. The van der Waals surface area contributed by atoms with Crippen molar-refractivity contribution in [2.75, 3.05) is 24.2 Å². The van der Waals surface area contributed by atoms with E-state index in [1.807, 2.05) is 0 Å². The Morgan fingerprint density at radius 2 is 1.77 bits per heavy atom. The molecule has 0 saturated heterocycles. The zero-order chi connectivity index (χ0) is 23.3. The first-order chi connectivity index (χ1) is 14.5. The number of halogens is 2. The Kier molecular flexibility index (Phi) is 8.34. The summed E-state index contributed by atoms with van der Waals surface area (Å²) in [6.07, 6.45) is 1.02. The predicted octanol–water partition coefficient (Wildman–Crippen LogP) is 3.23. The van der Waals surface area contributed by atoms with Crippen LogP contribution in [0.2, 0.25) is 10.0 Å². The number of hydrogen-bond acceptors (Lipinski definition) is 4. The van der Waals surface area contributed by atoms with Crippen LogP contribution in [0.1, 0.15) is 18.1 Å². The lowest BCUT2D eigenvalue weighted by molar-refractivity contribution is -0.139. The van der Waals surface area contributed by atoms with Gasteiger partial charge in [0.25, 0.3) is 0 Å². The number of nitrogens with one attached hydrogen (secondary N) is 1. The summed E-state index contributed by atoms with van der Waals surface area (Å²) < 4.78 is 26.1. The minimum atomic E-state index is -3.82. The molecule has 0 radical (unpaired) electrons. The van der Waals surface area contributed by atoms with Gasteiger partial charge in [-0.25, -0.2) is 8.42 Å². The summed E-state index contributed by atoms with van der Waals surface area (Å²) in [4.78, 5) is 26.9. The van der Waals surface area contributed by atoms with Gasteiger partial charge in [0.15, 0.2) is 0 Å². The number of benzene rings is 2. The molecule has 0 spiro atoms. The third-order valence-electron chi connectivity index (χ3n) is 4.83. The maximum absolute atomic E-state index is 13.3. The highest BCUT2D eigenvalue weighted by Gasteiger charge is 2.30. The summed E-state index contributed by atoms with van der Waals surface area (Å²) in [5.74, 6) is -0.939. The van der Waals surface area contributed by atoms with Crippen LogP contribution in [-0.4, -0.2) is 51.0 Å². The Balaban J connectivity index is 2.45. The fourth-order valence-corrected chi connectivity index (χ4v) is 4.31. The van der Waals surface area contributed by atoms with Crippen molar-refractivity contribution in [1.82, 2.24) is 10.2 Å². The number of carbonyl (C=O) groups is 2. The van der Waals surface area contributed by atoms with Gasteiger partial charge in [0.1, 0.15) is 12.6 Å². The zero-order valence-electron chi connectivity index (χ0n) is 17.7. The number of hydrogen-bond donors (Lipinski definition) is 1. The van der Waals surface area contributed by atoms with E-state index in [9.17, 15) is 18.0 Å². The molecule has 168 valence electrons. The highest BCUT2D eigenvalue weighted by Crippen LogP contribution is 2.27. The average Bonchev–Trinajstić information content (AvgIpc) is 2.71. The van der Waals surface area contributed by atoms with Crippen molar-refractivity contribution in [2.45, 2.75) is 26.4 Å². The summed E-state index contributed by atoms with van der Waals surface area (Å²) in [5.41, 5.74) is 1.58. The first kappa shape index (κ1) is 25.0. The Morgan fingerprint density at radius 1 is 1.13 bits per heavy atom. The maximum atomic E-state index is 13.3. The number of carbonyl (C=O) groups excluding carboxylic acids is 2. The van der Waals surface area contributed by atoms with E-state index in [1.165, 1.54) is 18.0 Å². The molecule has 0 aliphatic rings. The van der Waals surface area contributed by atoms with Crippen LogP contribution in [-0.2, 0) is 26.2 Å². The molecule has 2 aromatic carbocycles. The molecule has 0 aromatic heterocycles. The van der Waals surface area contributed by atoms with Gasteiger partial charge in [0.2, 0.25) is 21.8 Å². The molecule has 1 atom stereocenters. The SMILES string of the molecule is CNC(=O)[C@H](C)N(Cc1ccccc1Cl)C(=O)CN(c1cc(Cl)ccc1C)S(C)(=O)=O. The Morgan fingerprint density at radius 3 is 2.35 bits per heavy atom. The van der Waals surface area contributed by atoms with Crippen molar-refractivity contribution in [1.29, 1.82) is 0 Å². The van der Waals surface area contributed by atoms with Crippen LogP contribution in [0.15, 0.2) is 42.5 Å². The summed E-state index contributed by atoms with van der Waals surface area (Å²) >= 11 is 12.3. The van der Waals surface area contributed by atoms with Crippen molar-refractivity contribution >= 4 is 50.7 Å². The second kappa shape index (κ2) is 10.3. The Hall–Kier alpha value is -2.29. The number of likely N-dealkylation sites (N-methyl/N-ethyl adjacent to an activating group) is 1. The molecule has 10 heteroatoms. The van der Waals surface area contributed by atoms with E-state index < -0.39 is 28.5 Å². The lowest BCUT2D eigenvalue weighted by Crippen LogP contribution is -2.50. The largest absolute Gasteiger partial charge is 0.357 e. The van der Waals surface area contributed by atoms with Gasteiger partial charge in [-0.1, -0.05) is 47.5 Å². The van der Waals surface area contributed by atoms with Gasteiger partial charge in [-0.3, -0.25) is 13.9 Å². The summed E-state index contributed by atoms with van der Waals surface area (Å²) in [6.45, 7) is 2.84. The third-order valence-corrected chi connectivity index (χ3v) is 6.56. The second-order valence-electron chi connectivity index (χ2n) is 7.10. The summed E-state index contributed by atoms with van der Waals surface area (Å²) in [7, 11) is -2.35. The van der Waals surface area contributed by atoms with Crippen LogP contribution in [0.25, 0.3) is 0 Å². The van der Waals surface area contributed by atoms with E-state index in [0.717, 1.165) is 10.6 Å². The number of aryl methyl sites for hydroxylation is 1. The molecule has 31 heavy (non-hydrogen) atoms. The second-order valence-corrected chi connectivity index (χ2v) is 9.85. The Bertz CT molecular complexity index is 1080. The van der Waals surface area contributed by atoms with Crippen LogP contribution in [0.3, 0.4) is 0 Å². The molecular weight excluding hydrogens is 461 g/mol. The number of sulfonamides is 1. The van der Waals surface area contributed by atoms with Crippen LogP contribution in [0, 0.1) is 6.92 Å². The number of anilines is 1. The van der Waals surface area contributed by atoms with Gasteiger partial charge in [0.05, 0.1) is 11.9 Å². The number of nitrogens with zero attached hydrogens (tertiary/aromatic N) is 2. The van der Waals surface area contributed by atoms with Crippen LogP contribution < -0.4 is 9.62 Å². The highest BCUT2D eigenvalue weighted by molar-refractivity contribution is 7.92. The van der Waals surface area contributed by atoms with Gasteiger partial charge in [-0.2, -0.15) is 0 Å². The summed E-state index contributed by atoms with van der Waals surface area (Å²) in [5, 5.41) is 3.30. The lowest BCUT2D eigenvalue weighted by Gasteiger charge is -2.31. The first-order valence-corrected chi connectivity index (χ1v) is 12.0. The minimum Gasteiger partial charge on any atom is -0.357 e. The Labute approximate surface area is 193 Å². The van der Waals surface area contributed by atoms with Crippen LogP contribution >= 0.6 is 23.2 Å². The smallest absolute Gasteiger partial charge is 0.244 e. The summed E-state index contributed by atoms with van der Waals surface area (Å²) in [6, 6.07) is 10.9. The van der Waals surface area contributed by atoms with Gasteiger partial charge in [-0.05, 0) is 43.2 Å². The van der Waals surface area contributed by atoms with Gasteiger partial charge in [0, 0.05) is 23.6 Å². The van der Waals surface area contributed by atoms with Crippen molar-refractivity contribution in [3.05, 3.63) is 63.6 Å². The average molecular weight is 486 g/mol.